The average molecular weight is 697 g/mol. The van der Waals surface area contributed by atoms with Crippen LogP contribution in [0.25, 0.3) is 21.0 Å². The van der Waals surface area contributed by atoms with Crippen LogP contribution in [0.3, 0.4) is 0 Å². The van der Waals surface area contributed by atoms with E-state index in [9.17, 15) is 14.4 Å². The van der Waals surface area contributed by atoms with Gasteiger partial charge in [-0.2, -0.15) is 0 Å². The first kappa shape index (κ1) is 35.8. The van der Waals surface area contributed by atoms with Gasteiger partial charge in [0.05, 0.1) is 42.3 Å². The third-order valence-corrected chi connectivity index (χ3v) is 15.4. The molecule has 1 aliphatic rings. The van der Waals surface area contributed by atoms with Crippen LogP contribution in [0, 0.1) is 6.92 Å². The normalized spacial score (nSPS) is 15.3. The Bertz CT molecular complexity index is 1910. The maximum Gasteiger partial charge on any atom is 0.333 e. The summed E-state index contributed by atoms with van der Waals surface area (Å²) in [5, 5.41) is 0.369. The van der Waals surface area contributed by atoms with Crippen LogP contribution in [-0.4, -0.2) is 65.6 Å². The maximum atomic E-state index is 14.7. The number of carbonyl (C=O) groups is 1. The van der Waals surface area contributed by atoms with Gasteiger partial charge in [0.25, 0.3) is 5.56 Å². The van der Waals surface area contributed by atoms with Gasteiger partial charge in [-0.15, -0.1) is 11.3 Å². The summed E-state index contributed by atoms with van der Waals surface area (Å²) in [5.41, 5.74) is -1.25. The number of ether oxygens (including phenoxy) is 2. The predicted octanol–water partition coefficient (Wildman–Crippen LogP) is 6.33. The van der Waals surface area contributed by atoms with Gasteiger partial charge in [-0.25, -0.2) is 14.3 Å². The van der Waals surface area contributed by atoms with Gasteiger partial charge in [0.1, 0.15) is 28.5 Å². The molecule has 1 saturated heterocycles. The molecule has 0 saturated carbocycles. The number of aryl methyl sites for hydroxylation is 1. The molecule has 5 rings (SSSR count). The fraction of sp³-hybridized carbons (Fsp3) is 0.543. The number of para-hydroxylation sites is 1. The van der Waals surface area contributed by atoms with Gasteiger partial charge >= 0.3 is 5.69 Å². The highest BCUT2D eigenvalue weighted by Crippen LogP contribution is 2.40. The SMILES string of the molecule is COc1ccccc1[C@H](Cn1c(=O)n(C(C)(C)C(=O)N2CC(O[Si](C)(C)C(C)(C)C)C2)c(=O)c2c(C)c(-c3ncco3)sc21)OC(C)C. The van der Waals surface area contributed by atoms with Gasteiger partial charge in [0.15, 0.2) is 8.32 Å². The molecule has 48 heavy (non-hydrogen) atoms. The van der Waals surface area contributed by atoms with Crippen molar-refractivity contribution in [3.05, 3.63) is 68.7 Å². The summed E-state index contributed by atoms with van der Waals surface area (Å²) in [6.07, 6.45) is 2.13. The molecule has 1 amide bonds. The molecular weight excluding hydrogens is 649 g/mol. The van der Waals surface area contributed by atoms with Crippen molar-refractivity contribution in [2.75, 3.05) is 20.2 Å². The summed E-state index contributed by atoms with van der Waals surface area (Å²) in [6, 6.07) is 7.51. The molecule has 1 aliphatic heterocycles. The molecule has 260 valence electrons. The Labute approximate surface area is 286 Å². The van der Waals surface area contributed by atoms with Gasteiger partial charge in [0, 0.05) is 18.7 Å². The van der Waals surface area contributed by atoms with E-state index in [2.05, 4.69) is 38.8 Å². The summed E-state index contributed by atoms with van der Waals surface area (Å²) in [5.74, 6) is 0.650. The number of fused-ring (bicyclic) bond motifs is 1. The number of carbonyl (C=O) groups excluding carboxylic acids is 1. The quantitative estimate of drug-likeness (QED) is 0.167. The Morgan fingerprint density at radius 3 is 2.38 bits per heavy atom. The second kappa shape index (κ2) is 13.1. The van der Waals surface area contributed by atoms with Crippen molar-refractivity contribution in [3.8, 4) is 16.5 Å². The van der Waals surface area contributed by atoms with Gasteiger partial charge < -0.3 is 23.2 Å². The minimum absolute atomic E-state index is 0.0355. The average Bonchev–Trinajstić information content (AvgIpc) is 3.63. The fourth-order valence-electron chi connectivity index (χ4n) is 5.94. The predicted molar refractivity (Wildman–Crippen MR) is 191 cm³/mol. The number of methoxy groups -OCH3 is 1. The Balaban J connectivity index is 1.62. The zero-order chi connectivity index (χ0) is 35.3. The van der Waals surface area contributed by atoms with Crippen molar-refractivity contribution in [1.82, 2.24) is 19.0 Å². The van der Waals surface area contributed by atoms with E-state index in [-0.39, 0.29) is 29.7 Å². The van der Waals surface area contributed by atoms with Crippen molar-refractivity contribution >= 4 is 35.8 Å². The zero-order valence-corrected chi connectivity index (χ0v) is 31.7. The number of rotatable bonds is 11. The molecular formula is C35H48N4O7SSi. The smallest absolute Gasteiger partial charge is 0.333 e. The third-order valence-electron chi connectivity index (χ3n) is 9.59. The summed E-state index contributed by atoms with van der Waals surface area (Å²) in [6.45, 7) is 20.7. The molecule has 0 radical (unpaired) electrons. The molecule has 13 heteroatoms. The number of hydrogen-bond acceptors (Lipinski definition) is 9. The molecule has 3 aromatic heterocycles. The van der Waals surface area contributed by atoms with E-state index in [0.29, 0.717) is 45.4 Å². The molecule has 4 heterocycles. The molecule has 0 unspecified atom stereocenters. The Morgan fingerprint density at radius 2 is 1.79 bits per heavy atom. The van der Waals surface area contributed by atoms with Crippen molar-refractivity contribution in [2.24, 2.45) is 0 Å². The van der Waals surface area contributed by atoms with Crippen LogP contribution in [0.15, 0.2) is 50.7 Å². The number of benzene rings is 1. The highest BCUT2D eigenvalue weighted by molar-refractivity contribution is 7.22. The lowest BCUT2D eigenvalue weighted by atomic mass is 9.99. The lowest BCUT2D eigenvalue weighted by Crippen LogP contribution is -2.64. The summed E-state index contributed by atoms with van der Waals surface area (Å²) in [4.78, 5) is 50.4. The number of likely N-dealkylation sites (tertiary alicyclic amines) is 1. The van der Waals surface area contributed by atoms with Crippen molar-refractivity contribution in [1.29, 1.82) is 0 Å². The first-order valence-electron chi connectivity index (χ1n) is 16.3. The van der Waals surface area contributed by atoms with Gasteiger partial charge in [-0.1, -0.05) is 39.0 Å². The van der Waals surface area contributed by atoms with Crippen LogP contribution < -0.4 is 16.0 Å². The third kappa shape index (κ3) is 6.45. The van der Waals surface area contributed by atoms with Gasteiger partial charge in [0.2, 0.25) is 11.8 Å². The molecule has 4 aromatic rings. The van der Waals surface area contributed by atoms with Crippen molar-refractivity contribution in [3.63, 3.8) is 0 Å². The zero-order valence-electron chi connectivity index (χ0n) is 29.9. The molecule has 1 atom stereocenters. The molecule has 0 spiro atoms. The van der Waals surface area contributed by atoms with E-state index in [4.69, 9.17) is 18.3 Å². The first-order valence-corrected chi connectivity index (χ1v) is 20.1. The number of nitrogens with zero attached hydrogens (tertiary/aromatic N) is 4. The lowest BCUT2D eigenvalue weighted by molar-refractivity contribution is -0.149. The standard InChI is InChI=1S/C35H48N4O7SSi/c1-21(2)45-26(24-14-12-13-15-25(24)43-9)20-38-31-27(22(3)28(47-31)29-36-16-17-44-29)30(40)39(33(38)42)35(7,8)32(41)37-18-23(19-37)46-48(10,11)34(4,5)6/h12-17,21,23,26H,18-20H2,1-11H3/t26-/m0/s1. The molecule has 1 aromatic carbocycles. The van der Waals surface area contributed by atoms with Crippen LogP contribution in [0.4, 0.5) is 0 Å². The Kier molecular flexibility index (Phi) is 9.74. The van der Waals surface area contributed by atoms with Gasteiger partial charge in [-0.05, 0) is 64.4 Å². The van der Waals surface area contributed by atoms with Crippen LogP contribution >= 0.6 is 11.3 Å². The molecule has 0 N–H and O–H groups in total. The summed E-state index contributed by atoms with van der Waals surface area (Å²) < 4.78 is 26.9. The van der Waals surface area contributed by atoms with E-state index in [1.807, 2.05) is 45.0 Å². The van der Waals surface area contributed by atoms with Crippen LogP contribution in [0.5, 0.6) is 5.75 Å². The lowest BCUT2D eigenvalue weighted by Gasteiger charge is -2.48. The second-order valence-electron chi connectivity index (χ2n) is 14.8. The van der Waals surface area contributed by atoms with Crippen molar-refractivity contribution < 1.29 is 23.1 Å². The van der Waals surface area contributed by atoms with Crippen LogP contribution in [0.1, 0.15) is 65.7 Å². The number of hydrogen-bond donors (Lipinski definition) is 0. The summed E-state index contributed by atoms with van der Waals surface area (Å²) in [7, 11) is -0.446. The van der Waals surface area contributed by atoms with E-state index >= 15 is 0 Å². The van der Waals surface area contributed by atoms with Gasteiger partial charge in [-0.3, -0.25) is 14.2 Å². The molecule has 0 bridgehead atoms. The highest BCUT2D eigenvalue weighted by Gasteiger charge is 2.46. The Morgan fingerprint density at radius 1 is 1.12 bits per heavy atom. The molecule has 0 aliphatic carbocycles. The van der Waals surface area contributed by atoms with Crippen LogP contribution in [-0.2, 0) is 26.0 Å². The van der Waals surface area contributed by atoms with E-state index < -0.39 is 31.2 Å². The van der Waals surface area contributed by atoms with E-state index in [1.165, 1.54) is 23.8 Å². The number of thiophene rings is 1. The summed E-state index contributed by atoms with van der Waals surface area (Å²) >= 11 is 1.26. The fourth-order valence-corrected chi connectivity index (χ4v) is 8.51. The highest BCUT2D eigenvalue weighted by atomic mass is 32.1. The first-order chi connectivity index (χ1) is 22.4. The molecule has 11 nitrogen and oxygen atoms in total. The monoisotopic (exact) mass is 696 g/mol. The molecule has 1 fully saturated rings. The maximum absolute atomic E-state index is 14.7. The van der Waals surface area contributed by atoms with Crippen molar-refractivity contribution in [2.45, 2.75) is 104 Å². The van der Waals surface area contributed by atoms with E-state index in [0.717, 1.165) is 10.1 Å². The number of oxazole rings is 1. The minimum Gasteiger partial charge on any atom is -0.496 e. The topological polar surface area (TPSA) is 118 Å². The largest absolute Gasteiger partial charge is 0.496 e. The van der Waals surface area contributed by atoms with Crippen LogP contribution in [0.2, 0.25) is 18.1 Å². The number of aromatic nitrogens is 3. The second-order valence-corrected chi connectivity index (χ2v) is 20.5. The van der Waals surface area contributed by atoms with E-state index in [1.54, 1.807) is 30.4 Å². The number of amides is 1. The minimum atomic E-state index is -2.04. The Hall–Kier alpha value is -3.52.